The predicted octanol–water partition coefficient (Wildman–Crippen LogP) is 3.40. The van der Waals surface area contributed by atoms with E-state index in [4.69, 9.17) is 14.2 Å². The molecular weight excluding hydrogens is 282 g/mol. The quantitative estimate of drug-likeness (QED) is 0.627. The number of methoxy groups -OCH3 is 1. The Bertz CT molecular complexity index is 707. The van der Waals surface area contributed by atoms with Gasteiger partial charge in [0.15, 0.2) is 17.3 Å². The topological polar surface area (TPSA) is 57.1 Å². The molecule has 112 valence electrons. The summed E-state index contributed by atoms with van der Waals surface area (Å²) in [6, 6.07) is 12.5. The van der Waals surface area contributed by atoms with E-state index in [-0.39, 0.29) is 19.0 Å². The number of Topliss-reactive ketones (excluding diaryl/α,β-unsaturated/α-hetero) is 1. The highest BCUT2D eigenvalue weighted by Crippen LogP contribution is 2.32. The molecule has 2 aromatic rings. The number of hydrogen-bond acceptors (Lipinski definition) is 5. The molecule has 0 saturated heterocycles. The normalized spacial score (nSPS) is 12.6. The molecular formula is C17H15NO4. The second kappa shape index (κ2) is 6.30. The van der Waals surface area contributed by atoms with Crippen molar-refractivity contribution in [2.75, 3.05) is 13.9 Å². The Hall–Kier alpha value is -2.82. The highest BCUT2D eigenvalue weighted by Gasteiger charge is 2.15. The molecule has 0 unspecified atom stereocenters. The van der Waals surface area contributed by atoms with E-state index >= 15 is 0 Å². The lowest BCUT2D eigenvalue weighted by Gasteiger charge is -2.01. The average molecular weight is 297 g/mol. The molecule has 0 aromatic heterocycles. The molecule has 1 aliphatic rings. The third-order valence-corrected chi connectivity index (χ3v) is 3.28. The zero-order valence-electron chi connectivity index (χ0n) is 12.1. The second-order valence-electron chi connectivity index (χ2n) is 4.71. The van der Waals surface area contributed by atoms with Gasteiger partial charge < -0.3 is 14.2 Å². The van der Waals surface area contributed by atoms with Crippen molar-refractivity contribution in [3.8, 4) is 17.2 Å². The fourth-order valence-corrected chi connectivity index (χ4v) is 2.09. The third kappa shape index (κ3) is 3.09. The molecule has 1 heterocycles. The Kier molecular flexibility index (Phi) is 4.05. The maximum Gasteiger partial charge on any atom is 0.231 e. The lowest BCUT2D eigenvalue weighted by molar-refractivity contribution is 0.100. The lowest BCUT2D eigenvalue weighted by atomic mass is 10.1. The molecule has 0 aliphatic carbocycles. The number of ether oxygens (including phenoxy) is 3. The smallest absolute Gasteiger partial charge is 0.231 e. The standard InChI is InChI=1S/C17H15NO4/c1-20-14-5-3-13(4-6-14)18-9-8-15(19)12-2-7-16-17(10-12)22-11-21-16/h2-7,9-10H,8,11H2,1H3. The zero-order valence-corrected chi connectivity index (χ0v) is 12.1. The first-order valence-corrected chi connectivity index (χ1v) is 6.86. The summed E-state index contributed by atoms with van der Waals surface area (Å²) in [5, 5.41) is 0. The van der Waals surface area contributed by atoms with Gasteiger partial charge in [-0.3, -0.25) is 9.79 Å². The molecule has 0 radical (unpaired) electrons. The summed E-state index contributed by atoms with van der Waals surface area (Å²) in [7, 11) is 1.61. The first kappa shape index (κ1) is 14.1. The summed E-state index contributed by atoms with van der Waals surface area (Å²) < 4.78 is 15.6. The first-order chi connectivity index (χ1) is 10.8. The minimum atomic E-state index is -0.0180. The van der Waals surface area contributed by atoms with E-state index in [1.807, 2.05) is 24.3 Å². The Morgan fingerprint density at radius 2 is 1.95 bits per heavy atom. The fourth-order valence-electron chi connectivity index (χ4n) is 2.09. The van der Waals surface area contributed by atoms with Crippen LogP contribution in [0.15, 0.2) is 47.5 Å². The van der Waals surface area contributed by atoms with Gasteiger partial charge in [0.25, 0.3) is 0 Å². The summed E-state index contributed by atoms with van der Waals surface area (Å²) in [5.74, 6) is 2.03. The Morgan fingerprint density at radius 3 is 2.73 bits per heavy atom. The summed E-state index contributed by atoms with van der Waals surface area (Å²) in [4.78, 5) is 16.4. The molecule has 0 saturated carbocycles. The van der Waals surface area contributed by atoms with Crippen LogP contribution >= 0.6 is 0 Å². The third-order valence-electron chi connectivity index (χ3n) is 3.28. The zero-order chi connectivity index (χ0) is 15.4. The SMILES string of the molecule is COc1ccc(N=CCC(=O)c2ccc3c(c2)OCO3)cc1. The van der Waals surface area contributed by atoms with Crippen molar-refractivity contribution < 1.29 is 19.0 Å². The molecule has 0 N–H and O–H groups in total. The molecule has 0 bridgehead atoms. The van der Waals surface area contributed by atoms with Gasteiger partial charge in [-0.1, -0.05) is 0 Å². The Morgan fingerprint density at radius 1 is 1.18 bits per heavy atom. The van der Waals surface area contributed by atoms with Gasteiger partial charge >= 0.3 is 0 Å². The van der Waals surface area contributed by atoms with Crippen LogP contribution in [0.1, 0.15) is 16.8 Å². The second-order valence-corrected chi connectivity index (χ2v) is 4.71. The number of carbonyl (C=O) groups is 1. The van der Waals surface area contributed by atoms with Gasteiger partial charge in [-0.05, 0) is 42.5 Å². The van der Waals surface area contributed by atoms with Crippen molar-refractivity contribution in [3.05, 3.63) is 48.0 Å². The fraction of sp³-hybridized carbons (Fsp3) is 0.176. The van der Waals surface area contributed by atoms with Crippen LogP contribution in [-0.4, -0.2) is 25.9 Å². The van der Waals surface area contributed by atoms with E-state index < -0.39 is 0 Å². The molecule has 0 spiro atoms. The largest absolute Gasteiger partial charge is 0.497 e. The molecule has 22 heavy (non-hydrogen) atoms. The van der Waals surface area contributed by atoms with Gasteiger partial charge in [0.2, 0.25) is 6.79 Å². The number of rotatable bonds is 5. The van der Waals surface area contributed by atoms with Crippen LogP contribution in [-0.2, 0) is 0 Å². The van der Waals surface area contributed by atoms with Crippen LogP contribution in [0.25, 0.3) is 0 Å². The summed E-state index contributed by atoms with van der Waals surface area (Å²) in [6.45, 7) is 0.200. The van der Waals surface area contributed by atoms with Gasteiger partial charge in [-0.15, -0.1) is 0 Å². The van der Waals surface area contributed by atoms with Crippen LogP contribution in [0.2, 0.25) is 0 Å². The minimum Gasteiger partial charge on any atom is -0.497 e. The van der Waals surface area contributed by atoms with Crippen molar-refractivity contribution in [3.63, 3.8) is 0 Å². The summed E-state index contributed by atoms with van der Waals surface area (Å²) in [5.41, 5.74) is 1.37. The summed E-state index contributed by atoms with van der Waals surface area (Å²) in [6.07, 6.45) is 1.83. The highest BCUT2D eigenvalue weighted by molar-refractivity contribution is 6.04. The first-order valence-electron chi connectivity index (χ1n) is 6.86. The van der Waals surface area contributed by atoms with Gasteiger partial charge in [0, 0.05) is 18.2 Å². The average Bonchev–Trinajstić information content (AvgIpc) is 3.03. The Labute approximate surface area is 128 Å². The molecule has 2 aromatic carbocycles. The number of aliphatic imine (C=N–C) groups is 1. The van der Waals surface area contributed by atoms with Crippen molar-refractivity contribution in [1.29, 1.82) is 0 Å². The van der Waals surface area contributed by atoms with E-state index in [0.29, 0.717) is 17.1 Å². The van der Waals surface area contributed by atoms with Crippen LogP contribution in [0.4, 0.5) is 5.69 Å². The van der Waals surface area contributed by atoms with E-state index in [9.17, 15) is 4.79 Å². The predicted molar refractivity (Wildman–Crippen MR) is 82.7 cm³/mol. The van der Waals surface area contributed by atoms with Crippen LogP contribution < -0.4 is 14.2 Å². The van der Waals surface area contributed by atoms with Crippen LogP contribution in [0.3, 0.4) is 0 Å². The molecule has 5 heteroatoms. The van der Waals surface area contributed by atoms with E-state index in [0.717, 1.165) is 11.4 Å². The van der Waals surface area contributed by atoms with E-state index in [1.165, 1.54) is 0 Å². The molecule has 1 aliphatic heterocycles. The van der Waals surface area contributed by atoms with E-state index in [2.05, 4.69) is 4.99 Å². The van der Waals surface area contributed by atoms with Gasteiger partial charge in [-0.2, -0.15) is 0 Å². The molecule has 0 fully saturated rings. The number of fused-ring (bicyclic) bond motifs is 1. The van der Waals surface area contributed by atoms with Gasteiger partial charge in [-0.25, -0.2) is 0 Å². The van der Waals surface area contributed by atoms with Crippen molar-refractivity contribution >= 4 is 17.7 Å². The lowest BCUT2D eigenvalue weighted by Crippen LogP contribution is -1.99. The van der Waals surface area contributed by atoms with Crippen molar-refractivity contribution in [1.82, 2.24) is 0 Å². The highest BCUT2D eigenvalue weighted by atomic mass is 16.7. The number of nitrogens with zero attached hydrogens (tertiary/aromatic N) is 1. The van der Waals surface area contributed by atoms with Crippen molar-refractivity contribution in [2.24, 2.45) is 4.99 Å². The van der Waals surface area contributed by atoms with Gasteiger partial charge in [0.05, 0.1) is 12.8 Å². The van der Waals surface area contributed by atoms with Gasteiger partial charge in [0.1, 0.15) is 5.75 Å². The molecule has 0 amide bonds. The molecule has 5 nitrogen and oxygen atoms in total. The van der Waals surface area contributed by atoms with Crippen LogP contribution in [0.5, 0.6) is 17.2 Å². The van der Waals surface area contributed by atoms with Crippen LogP contribution in [0, 0.1) is 0 Å². The maximum atomic E-state index is 12.1. The molecule has 0 atom stereocenters. The molecule has 3 rings (SSSR count). The Balaban J connectivity index is 1.62. The minimum absolute atomic E-state index is 0.0180. The number of hydrogen-bond donors (Lipinski definition) is 0. The van der Waals surface area contributed by atoms with Crippen molar-refractivity contribution in [2.45, 2.75) is 6.42 Å². The number of benzene rings is 2. The number of ketones is 1. The summed E-state index contributed by atoms with van der Waals surface area (Å²) >= 11 is 0. The monoisotopic (exact) mass is 297 g/mol. The number of carbonyl (C=O) groups excluding carboxylic acids is 1. The maximum absolute atomic E-state index is 12.1. The van der Waals surface area contributed by atoms with E-state index in [1.54, 1.807) is 31.5 Å².